The minimum atomic E-state index is -0.0613. The summed E-state index contributed by atoms with van der Waals surface area (Å²) in [7, 11) is 0. The van der Waals surface area contributed by atoms with E-state index in [1.54, 1.807) is 0 Å². The first-order valence-corrected chi connectivity index (χ1v) is 6.79. The first-order valence-electron chi connectivity index (χ1n) is 6.79. The lowest BCUT2D eigenvalue weighted by atomic mass is 9.94. The molecule has 1 unspecified atom stereocenters. The molecule has 1 amide bonds. The van der Waals surface area contributed by atoms with Crippen LogP contribution in [0.4, 0.5) is 0 Å². The summed E-state index contributed by atoms with van der Waals surface area (Å²) < 4.78 is 0. The summed E-state index contributed by atoms with van der Waals surface area (Å²) in [6.07, 6.45) is 2.15. The van der Waals surface area contributed by atoms with E-state index in [0.717, 1.165) is 17.7 Å². The smallest absolute Gasteiger partial charge is 0.230 e. The fourth-order valence-corrected chi connectivity index (χ4v) is 2.54. The second kappa shape index (κ2) is 6.36. The van der Waals surface area contributed by atoms with E-state index in [0.29, 0.717) is 25.9 Å². The monoisotopic (exact) mass is 260 g/mol. The molecule has 1 N–H and O–H groups in total. The van der Waals surface area contributed by atoms with Gasteiger partial charge in [-0.15, -0.1) is 0 Å². The number of carbonyl (C=O) groups is 1. The van der Waals surface area contributed by atoms with Crippen LogP contribution < -0.4 is 0 Å². The Morgan fingerprint density at radius 1 is 1.32 bits per heavy atom. The molecule has 1 aromatic rings. The molecule has 0 saturated carbocycles. The quantitative estimate of drug-likeness (QED) is 0.671. The van der Waals surface area contributed by atoms with Crippen molar-refractivity contribution in [3.8, 4) is 0 Å². The van der Waals surface area contributed by atoms with Crippen LogP contribution in [0, 0.1) is 0 Å². The molecule has 1 heterocycles. The molecule has 0 aromatic heterocycles. The van der Waals surface area contributed by atoms with Gasteiger partial charge in [0.2, 0.25) is 5.91 Å². The maximum absolute atomic E-state index is 12.5. The van der Waals surface area contributed by atoms with E-state index < -0.39 is 0 Å². The maximum atomic E-state index is 12.5. The molecule has 4 heteroatoms. The van der Waals surface area contributed by atoms with Crippen molar-refractivity contribution in [1.82, 2.24) is 4.90 Å². The highest BCUT2D eigenvalue weighted by Crippen LogP contribution is 2.23. The predicted octanol–water partition coefficient (Wildman–Crippen LogP) is 2.63. The Morgan fingerprint density at radius 2 is 1.95 bits per heavy atom. The van der Waals surface area contributed by atoms with Gasteiger partial charge in [0.05, 0.1) is 11.6 Å². The van der Waals surface area contributed by atoms with Crippen molar-refractivity contribution in [2.24, 2.45) is 5.16 Å². The topological polar surface area (TPSA) is 52.9 Å². The Kier molecular flexibility index (Phi) is 4.55. The zero-order chi connectivity index (χ0) is 13.7. The fourth-order valence-electron chi connectivity index (χ4n) is 2.54. The predicted molar refractivity (Wildman–Crippen MR) is 74.5 cm³/mol. The van der Waals surface area contributed by atoms with Crippen LogP contribution >= 0.6 is 0 Å². The van der Waals surface area contributed by atoms with Crippen molar-refractivity contribution in [3.05, 3.63) is 35.9 Å². The van der Waals surface area contributed by atoms with E-state index in [4.69, 9.17) is 5.21 Å². The number of amides is 1. The molecule has 1 saturated heterocycles. The van der Waals surface area contributed by atoms with Gasteiger partial charge < -0.3 is 10.1 Å². The largest absolute Gasteiger partial charge is 0.411 e. The zero-order valence-electron chi connectivity index (χ0n) is 11.2. The van der Waals surface area contributed by atoms with E-state index in [2.05, 4.69) is 5.16 Å². The third-order valence-electron chi connectivity index (χ3n) is 3.70. The first-order chi connectivity index (χ1) is 9.26. The van der Waals surface area contributed by atoms with E-state index >= 15 is 0 Å². The van der Waals surface area contributed by atoms with E-state index in [1.165, 1.54) is 0 Å². The van der Waals surface area contributed by atoms with Gasteiger partial charge in [0, 0.05) is 25.9 Å². The SMILES string of the molecule is CCC(C(=O)N1CCC(=NO)CC1)c1ccccc1. The number of likely N-dealkylation sites (tertiary alicyclic amines) is 1. The Hall–Kier alpha value is -1.84. The third-order valence-corrected chi connectivity index (χ3v) is 3.70. The molecule has 1 aliphatic heterocycles. The Balaban J connectivity index is 2.06. The third kappa shape index (κ3) is 3.13. The lowest BCUT2D eigenvalue weighted by molar-refractivity contribution is -0.133. The van der Waals surface area contributed by atoms with Crippen LogP contribution in [-0.2, 0) is 4.79 Å². The minimum Gasteiger partial charge on any atom is -0.411 e. The molecule has 0 aliphatic carbocycles. The maximum Gasteiger partial charge on any atom is 0.230 e. The van der Waals surface area contributed by atoms with Gasteiger partial charge in [0.25, 0.3) is 0 Å². The molecule has 1 aromatic carbocycles. The molecule has 19 heavy (non-hydrogen) atoms. The van der Waals surface area contributed by atoms with Gasteiger partial charge in [0.1, 0.15) is 0 Å². The highest BCUT2D eigenvalue weighted by Gasteiger charge is 2.26. The first kappa shape index (κ1) is 13.6. The van der Waals surface area contributed by atoms with Crippen molar-refractivity contribution in [2.45, 2.75) is 32.1 Å². The van der Waals surface area contributed by atoms with Gasteiger partial charge in [-0.25, -0.2) is 0 Å². The molecular weight excluding hydrogens is 240 g/mol. The summed E-state index contributed by atoms with van der Waals surface area (Å²) in [6.45, 7) is 3.35. The van der Waals surface area contributed by atoms with Crippen LogP contribution in [0.25, 0.3) is 0 Å². The number of hydrogen-bond donors (Lipinski definition) is 1. The molecular formula is C15H20N2O2. The normalized spacial score (nSPS) is 17.1. The second-order valence-electron chi connectivity index (χ2n) is 4.86. The van der Waals surface area contributed by atoms with Gasteiger partial charge in [-0.2, -0.15) is 0 Å². The summed E-state index contributed by atoms with van der Waals surface area (Å²) in [5, 5.41) is 12.0. The Labute approximate surface area is 113 Å². The number of piperidine rings is 1. The van der Waals surface area contributed by atoms with Crippen molar-refractivity contribution in [1.29, 1.82) is 0 Å². The van der Waals surface area contributed by atoms with Gasteiger partial charge in [-0.1, -0.05) is 42.4 Å². The molecule has 0 spiro atoms. The summed E-state index contributed by atoms with van der Waals surface area (Å²) >= 11 is 0. The average Bonchev–Trinajstić information content (AvgIpc) is 2.49. The molecule has 1 fully saturated rings. The summed E-state index contributed by atoms with van der Waals surface area (Å²) in [6, 6.07) is 9.93. The number of nitrogens with zero attached hydrogens (tertiary/aromatic N) is 2. The van der Waals surface area contributed by atoms with Gasteiger partial charge in [-0.3, -0.25) is 4.79 Å². The number of carbonyl (C=O) groups excluding carboxylic acids is 1. The lowest BCUT2D eigenvalue weighted by Gasteiger charge is -2.30. The van der Waals surface area contributed by atoms with Crippen molar-refractivity contribution in [2.75, 3.05) is 13.1 Å². The molecule has 1 atom stereocenters. The number of benzene rings is 1. The van der Waals surface area contributed by atoms with Crippen LogP contribution in [0.2, 0.25) is 0 Å². The molecule has 2 rings (SSSR count). The lowest BCUT2D eigenvalue weighted by Crippen LogP contribution is -2.41. The average molecular weight is 260 g/mol. The van der Waals surface area contributed by atoms with Crippen LogP contribution in [0.3, 0.4) is 0 Å². The zero-order valence-corrected chi connectivity index (χ0v) is 11.2. The molecule has 102 valence electrons. The summed E-state index contributed by atoms with van der Waals surface area (Å²) in [4.78, 5) is 14.4. The van der Waals surface area contributed by atoms with Crippen LogP contribution in [0.1, 0.15) is 37.7 Å². The van der Waals surface area contributed by atoms with E-state index in [9.17, 15) is 4.79 Å². The molecule has 0 radical (unpaired) electrons. The van der Waals surface area contributed by atoms with Crippen LogP contribution in [-0.4, -0.2) is 34.8 Å². The fraction of sp³-hybridized carbons (Fsp3) is 0.467. The number of hydrogen-bond acceptors (Lipinski definition) is 3. The molecule has 4 nitrogen and oxygen atoms in total. The Bertz CT molecular complexity index is 446. The number of oxime groups is 1. The highest BCUT2D eigenvalue weighted by atomic mass is 16.4. The van der Waals surface area contributed by atoms with Crippen molar-refractivity contribution >= 4 is 11.6 Å². The van der Waals surface area contributed by atoms with Crippen molar-refractivity contribution < 1.29 is 10.0 Å². The summed E-state index contributed by atoms with van der Waals surface area (Å²) in [5.41, 5.74) is 1.87. The summed E-state index contributed by atoms with van der Waals surface area (Å²) in [5.74, 6) is 0.125. The second-order valence-corrected chi connectivity index (χ2v) is 4.86. The molecule has 1 aliphatic rings. The highest BCUT2D eigenvalue weighted by molar-refractivity contribution is 5.89. The molecule has 0 bridgehead atoms. The van der Waals surface area contributed by atoms with Crippen LogP contribution in [0.15, 0.2) is 35.5 Å². The van der Waals surface area contributed by atoms with E-state index in [-0.39, 0.29) is 11.8 Å². The van der Waals surface area contributed by atoms with Gasteiger partial charge >= 0.3 is 0 Å². The minimum absolute atomic E-state index is 0.0613. The number of rotatable bonds is 3. The Morgan fingerprint density at radius 3 is 2.47 bits per heavy atom. The van der Waals surface area contributed by atoms with Gasteiger partial charge in [-0.05, 0) is 12.0 Å². The van der Waals surface area contributed by atoms with Gasteiger partial charge in [0.15, 0.2) is 0 Å². The van der Waals surface area contributed by atoms with Crippen LogP contribution in [0.5, 0.6) is 0 Å². The van der Waals surface area contributed by atoms with Crippen molar-refractivity contribution in [3.63, 3.8) is 0 Å². The van der Waals surface area contributed by atoms with E-state index in [1.807, 2.05) is 42.2 Å². The standard InChI is InChI=1S/C15H20N2O2/c1-2-14(12-6-4-3-5-7-12)15(18)17-10-8-13(16-19)9-11-17/h3-7,14,19H,2,8-11H2,1H3.